The van der Waals surface area contributed by atoms with Crippen LogP contribution in [0.2, 0.25) is 5.02 Å². The number of hydrogen-bond donors (Lipinski definition) is 1. The lowest BCUT2D eigenvalue weighted by atomic mass is 10.1. The van der Waals surface area contributed by atoms with Crippen molar-refractivity contribution in [2.45, 2.75) is 0 Å². The molecule has 0 radical (unpaired) electrons. The number of nitro benzene ring substituents is 1. The van der Waals surface area contributed by atoms with E-state index in [1.54, 1.807) is 0 Å². The molecule has 9 nitrogen and oxygen atoms in total. The molecule has 1 amide bonds. The Bertz CT molecular complexity index is 936. The molecule has 0 fully saturated rings. The van der Waals surface area contributed by atoms with Gasteiger partial charge in [-0.05, 0) is 18.2 Å². The molecule has 0 aliphatic heterocycles. The first-order valence-electron chi connectivity index (χ1n) is 7.59. The summed E-state index contributed by atoms with van der Waals surface area (Å²) in [6, 6.07) is 5.40. The molecule has 11 heteroatoms. The van der Waals surface area contributed by atoms with Crippen molar-refractivity contribution in [3.8, 4) is 11.5 Å². The number of methoxy groups -OCH3 is 2. The third-order valence-electron chi connectivity index (χ3n) is 3.46. The maximum atomic E-state index is 13.0. The highest BCUT2D eigenvalue weighted by atomic mass is 35.5. The van der Waals surface area contributed by atoms with Crippen LogP contribution in [0.1, 0.15) is 10.4 Å². The summed E-state index contributed by atoms with van der Waals surface area (Å²) in [7, 11) is 2.57. The zero-order valence-corrected chi connectivity index (χ0v) is 15.4. The number of rotatable bonds is 7. The Morgan fingerprint density at radius 2 is 1.82 bits per heavy atom. The number of anilines is 1. The summed E-state index contributed by atoms with van der Waals surface area (Å²) in [5.41, 5.74) is -0.888. The van der Waals surface area contributed by atoms with Gasteiger partial charge in [-0.25, -0.2) is 9.18 Å². The molecule has 2 rings (SSSR count). The predicted octanol–water partition coefficient (Wildman–Crippen LogP) is 3.20. The molecular weight excluding hydrogens is 399 g/mol. The SMILES string of the molecule is COc1cc(C(=O)OCC(=O)Nc2ccc(F)cc2Cl)c([N+](=O)[O-])cc1OC. The van der Waals surface area contributed by atoms with Gasteiger partial charge in [0, 0.05) is 6.07 Å². The molecule has 0 heterocycles. The number of carbonyl (C=O) groups is 2. The fraction of sp³-hybridized carbons (Fsp3) is 0.176. The van der Waals surface area contributed by atoms with Gasteiger partial charge >= 0.3 is 5.97 Å². The minimum Gasteiger partial charge on any atom is -0.493 e. The minimum absolute atomic E-state index is 0.0461. The second-order valence-electron chi connectivity index (χ2n) is 5.23. The molecule has 0 atom stereocenters. The minimum atomic E-state index is -1.12. The van der Waals surface area contributed by atoms with E-state index in [2.05, 4.69) is 5.32 Å². The zero-order chi connectivity index (χ0) is 20.8. The zero-order valence-electron chi connectivity index (χ0n) is 14.7. The monoisotopic (exact) mass is 412 g/mol. The highest BCUT2D eigenvalue weighted by Crippen LogP contribution is 2.34. The van der Waals surface area contributed by atoms with E-state index in [1.807, 2.05) is 0 Å². The lowest BCUT2D eigenvalue weighted by molar-refractivity contribution is -0.385. The maximum Gasteiger partial charge on any atom is 0.345 e. The quantitative estimate of drug-likeness (QED) is 0.421. The second-order valence-corrected chi connectivity index (χ2v) is 5.64. The molecule has 0 unspecified atom stereocenters. The van der Waals surface area contributed by atoms with Crippen LogP contribution >= 0.6 is 11.6 Å². The molecule has 148 valence electrons. The Hall–Kier alpha value is -3.40. The maximum absolute atomic E-state index is 13.0. The van der Waals surface area contributed by atoms with Crippen LogP contribution in [0.3, 0.4) is 0 Å². The van der Waals surface area contributed by atoms with Crippen LogP contribution in [0.4, 0.5) is 15.8 Å². The van der Waals surface area contributed by atoms with Crippen LogP contribution < -0.4 is 14.8 Å². The van der Waals surface area contributed by atoms with Crippen LogP contribution in [0, 0.1) is 15.9 Å². The van der Waals surface area contributed by atoms with Gasteiger partial charge in [0.1, 0.15) is 11.4 Å². The highest BCUT2D eigenvalue weighted by Gasteiger charge is 2.26. The van der Waals surface area contributed by atoms with E-state index >= 15 is 0 Å². The summed E-state index contributed by atoms with van der Waals surface area (Å²) in [6.45, 7) is -0.752. The Labute approximate surface area is 163 Å². The standard InChI is InChI=1S/C17H14ClFN2O7/c1-26-14-6-10(13(21(24)25)7-15(14)27-2)17(23)28-8-16(22)20-12-4-3-9(19)5-11(12)18/h3-7H,8H2,1-2H3,(H,20,22). The lowest BCUT2D eigenvalue weighted by Crippen LogP contribution is -2.21. The molecule has 0 saturated heterocycles. The van der Waals surface area contributed by atoms with Crippen molar-refractivity contribution in [3.05, 3.63) is 56.8 Å². The van der Waals surface area contributed by atoms with Crippen LogP contribution in [-0.2, 0) is 9.53 Å². The van der Waals surface area contributed by atoms with Gasteiger partial charge in [-0.15, -0.1) is 0 Å². The fourth-order valence-corrected chi connectivity index (χ4v) is 2.38. The van der Waals surface area contributed by atoms with Crippen molar-refractivity contribution in [2.75, 3.05) is 26.1 Å². The smallest absolute Gasteiger partial charge is 0.345 e. The summed E-state index contributed by atoms with van der Waals surface area (Å²) < 4.78 is 27.8. The third-order valence-corrected chi connectivity index (χ3v) is 3.77. The van der Waals surface area contributed by atoms with Gasteiger partial charge in [0.15, 0.2) is 18.1 Å². The summed E-state index contributed by atoms with van der Waals surface area (Å²) >= 11 is 5.79. The number of amides is 1. The molecular formula is C17H14ClFN2O7. The predicted molar refractivity (Wildman–Crippen MR) is 96.5 cm³/mol. The van der Waals surface area contributed by atoms with Gasteiger partial charge in [0.2, 0.25) is 0 Å². The van der Waals surface area contributed by atoms with Crippen molar-refractivity contribution in [2.24, 2.45) is 0 Å². The Morgan fingerprint density at radius 1 is 1.18 bits per heavy atom. The van der Waals surface area contributed by atoms with Crippen molar-refractivity contribution in [1.82, 2.24) is 0 Å². The van der Waals surface area contributed by atoms with Crippen LogP contribution in [0.5, 0.6) is 11.5 Å². The van der Waals surface area contributed by atoms with Crippen molar-refractivity contribution < 1.29 is 33.1 Å². The average Bonchev–Trinajstić information content (AvgIpc) is 2.67. The summed E-state index contributed by atoms with van der Waals surface area (Å²) in [6.07, 6.45) is 0. The van der Waals surface area contributed by atoms with Crippen molar-refractivity contribution >= 4 is 34.9 Å². The van der Waals surface area contributed by atoms with E-state index in [-0.39, 0.29) is 22.2 Å². The number of halogens is 2. The number of benzene rings is 2. The van der Waals surface area contributed by atoms with Gasteiger partial charge in [0.05, 0.1) is 35.9 Å². The van der Waals surface area contributed by atoms with Gasteiger partial charge < -0.3 is 19.5 Å². The normalized spacial score (nSPS) is 10.1. The van der Waals surface area contributed by atoms with Crippen LogP contribution in [0.25, 0.3) is 0 Å². The molecule has 2 aromatic rings. The topological polar surface area (TPSA) is 117 Å². The number of carbonyl (C=O) groups excluding carboxylic acids is 2. The number of ether oxygens (including phenoxy) is 3. The molecule has 2 aromatic carbocycles. The molecule has 0 aliphatic rings. The Balaban J connectivity index is 2.13. The lowest BCUT2D eigenvalue weighted by Gasteiger charge is -2.11. The Morgan fingerprint density at radius 3 is 2.39 bits per heavy atom. The van der Waals surface area contributed by atoms with E-state index in [0.717, 1.165) is 24.3 Å². The first kappa shape index (κ1) is 20.9. The van der Waals surface area contributed by atoms with E-state index < -0.39 is 40.5 Å². The van der Waals surface area contributed by atoms with Gasteiger partial charge in [-0.3, -0.25) is 14.9 Å². The fourth-order valence-electron chi connectivity index (χ4n) is 2.17. The number of esters is 1. The van der Waals surface area contributed by atoms with E-state index in [9.17, 15) is 24.1 Å². The van der Waals surface area contributed by atoms with E-state index in [0.29, 0.717) is 0 Å². The largest absolute Gasteiger partial charge is 0.493 e. The highest BCUT2D eigenvalue weighted by molar-refractivity contribution is 6.33. The summed E-state index contributed by atoms with van der Waals surface area (Å²) in [5.74, 6) is -2.36. The molecule has 0 saturated carbocycles. The molecule has 0 aromatic heterocycles. The summed E-state index contributed by atoms with van der Waals surface area (Å²) in [4.78, 5) is 34.6. The number of hydrogen-bond acceptors (Lipinski definition) is 7. The summed E-state index contributed by atoms with van der Waals surface area (Å²) in [5, 5.41) is 13.5. The van der Waals surface area contributed by atoms with Crippen LogP contribution in [-0.4, -0.2) is 37.6 Å². The molecule has 0 aliphatic carbocycles. The Kier molecular flexibility index (Phi) is 6.72. The molecule has 28 heavy (non-hydrogen) atoms. The number of nitrogens with zero attached hydrogens (tertiary/aromatic N) is 1. The second kappa shape index (κ2) is 9.00. The van der Waals surface area contributed by atoms with E-state index in [4.69, 9.17) is 25.8 Å². The average molecular weight is 413 g/mol. The number of nitrogens with one attached hydrogen (secondary N) is 1. The third kappa shape index (κ3) is 4.86. The van der Waals surface area contributed by atoms with Gasteiger partial charge in [-0.2, -0.15) is 0 Å². The van der Waals surface area contributed by atoms with Crippen molar-refractivity contribution in [1.29, 1.82) is 0 Å². The van der Waals surface area contributed by atoms with E-state index in [1.165, 1.54) is 20.3 Å². The van der Waals surface area contributed by atoms with Gasteiger partial charge in [0.25, 0.3) is 11.6 Å². The number of nitro groups is 1. The van der Waals surface area contributed by atoms with Crippen molar-refractivity contribution in [3.63, 3.8) is 0 Å². The first-order valence-corrected chi connectivity index (χ1v) is 7.97. The first-order chi connectivity index (χ1) is 13.3. The molecule has 0 spiro atoms. The molecule has 0 bridgehead atoms. The molecule has 1 N–H and O–H groups in total. The van der Waals surface area contributed by atoms with Gasteiger partial charge in [-0.1, -0.05) is 11.6 Å². The van der Waals surface area contributed by atoms with Crippen LogP contribution in [0.15, 0.2) is 30.3 Å².